The van der Waals surface area contributed by atoms with E-state index in [0.29, 0.717) is 0 Å². The minimum atomic E-state index is -4.92. The maximum atomic E-state index is 11.9. The predicted molar refractivity (Wildman–Crippen MR) is 34.6 cm³/mol. The number of rotatable bonds is 2. The molecule has 0 saturated heterocycles. The zero-order chi connectivity index (χ0) is 10.6. The second kappa shape index (κ2) is 3.97. The number of amides is 2. The largest absolute Gasteiger partial charge is 0.453 e. The van der Waals surface area contributed by atoms with Gasteiger partial charge in [-0.2, -0.15) is 13.2 Å². The number of carbonyl (C=O) groups excluding carboxylic acids is 2. The van der Waals surface area contributed by atoms with E-state index in [2.05, 4.69) is 10.5 Å². The molecule has 0 heterocycles. The fourth-order valence-electron chi connectivity index (χ4n) is 0.491. The standard InChI is InChI=1S/C5H7F3N2O3/c1-13-4(12)10-2(3(9)11)5(6,7)8/h2H,1H3,(H2,9,11)(H,10,12)/t2-/m1/s1. The summed E-state index contributed by atoms with van der Waals surface area (Å²) in [7, 11) is 0.865. The van der Waals surface area contributed by atoms with Crippen LogP contribution in [0.5, 0.6) is 0 Å². The summed E-state index contributed by atoms with van der Waals surface area (Å²) in [5.41, 5.74) is 4.40. The van der Waals surface area contributed by atoms with Crippen LogP contribution in [0.4, 0.5) is 18.0 Å². The molecule has 0 aromatic heterocycles. The Bertz CT molecular complexity index is 216. The van der Waals surface area contributed by atoms with Crippen molar-refractivity contribution in [2.45, 2.75) is 12.2 Å². The van der Waals surface area contributed by atoms with Crippen molar-refractivity contribution in [3.63, 3.8) is 0 Å². The van der Waals surface area contributed by atoms with Gasteiger partial charge in [0.2, 0.25) is 11.9 Å². The van der Waals surface area contributed by atoms with Crippen LogP contribution in [0.15, 0.2) is 0 Å². The van der Waals surface area contributed by atoms with Gasteiger partial charge in [0.05, 0.1) is 7.11 Å². The van der Waals surface area contributed by atoms with Gasteiger partial charge in [-0.15, -0.1) is 0 Å². The minimum absolute atomic E-state index is 0.865. The molecule has 13 heavy (non-hydrogen) atoms. The SMILES string of the molecule is COC(=O)N[C@H](C(N)=O)C(F)(F)F. The maximum absolute atomic E-state index is 11.9. The second-order valence-corrected chi connectivity index (χ2v) is 2.01. The number of halogens is 3. The molecule has 3 N–H and O–H groups in total. The van der Waals surface area contributed by atoms with E-state index in [9.17, 15) is 22.8 Å². The molecule has 0 aromatic rings. The third-order valence-corrected chi connectivity index (χ3v) is 1.06. The highest BCUT2D eigenvalue weighted by Gasteiger charge is 2.45. The van der Waals surface area contributed by atoms with Gasteiger partial charge in [0.15, 0.2) is 0 Å². The Morgan fingerprint density at radius 2 is 1.92 bits per heavy atom. The molecule has 2 amide bonds. The van der Waals surface area contributed by atoms with Crippen molar-refractivity contribution in [2.75, 3.05) is 7.11 Å². The quantitative estimate of drug-likeness (QED) is 0.645. The first-order valence-corrected chi connectivity index (χ1v) is 2.99. The van der Waals surface area contributed by atoms with Crippen LogP contribution in [-0.4, -0.2) is 31.3 Å². The molecule has 0 aliphatic heterocycles. The Morgan fingerprint density at radius 1 is 1.46 bits per heavy atom. The zero-order valence-corrected chi connectivity index (χ0v) is 6.51. The van der Waals surface area contributed by atoms with E-state index in [4.69, 9.17) is 0 Å². The lowest BCUT2D eigenvalue weighted by Crippen LogP contribution is -2.53. The van der Waals surface area contributed by atoms with E-state index in [1.54, 1.807) is 0 Å². The molecule has 0 fully saturated rings. The van der Waals surface area contributed by atoms with Crippen molar-refractivity contribution in [1.82, 2.24) is 5.32 Å². The summed E-state index contributed by atoms with van der Waals surface area (Å²) >= 11 is 0. The zero-order valence-electron chi connectivity index (χ0n) is 6.51. The minimum Gasteiger partial charge on any atom is -0.453 e. The molecule has 0 aliphatic rings. The van der Waals surface area contributed by atoms with E-state index in [1.165, 1.54) is 5.32 Å². The summed E-state index contributed by atoms with van der Waals surface area (Å²) in [6.07, 6.45) is -6.29. The Morgan fingerprint density at radius 3 is 2.15 bits per heavy atom. The summed E-state index contributed by atoms with van der Waals surface area (Å²) in [5, 5.41) is 1.25. The van der Waals surface area contributed by atoms with Crippen molar-refractivity contribution < 1.29 is 27.5 Å². The molecule has 0 radical (unpaired) electrons. The van der Waals surface area contributed by atoms with Crippen molar-refractivity contribution in [3.8, 4) is 0 Å². The summed E-state index contributed by atoms with van der Waals surface area (Å²) < 4.78 is 39.6. The molecule has 0 bridgehead atoms. The average molecular weight is 200 g/mol. The van der Waals surface area contributed by atoms with Gasteiger partial charge < -0.3 is 15.8 Å². The normalized spacial score (nSPS) is 13.2. The first-order chi connectivity index (χ1) is 5.79. The van der Waals surface area contributed by atoms with Crippen molar-refractivity contribution in [1.29, 1.82) is 0 Å². The summed E-state index contributed by atoms with van der Waals surface area (Å²) in [4.78, 5) is 20.6. The second-order valence-electron chi connectivity index (χ2n) is 2.01. The molecule has 0 unspecified atom stereocenters. The maximum Gasteiger partial charge on any atom is 0.417 e. The molecular formula is C5H7F3N2O3. The first-order valence-electron chi connectivity index (χ1n) is 2.99. The van der Waals surface area contributed by atoms with E-state index in [-0.39, 0.29) is 0 Å². The Hall–Kier alpha value is -1.47. The van der Waals surface area contributed by atoms with Crippen LogP contribution >= 0.6 is 0 Å². The third-order valence-electron chi connectivity index (χ3n) is 1.06. The van der Waals surface area contributed by atoms with Crippen LogP contribution in [-0.2, 0) is 9.53 Å². The Labute approximate surface area is 71.0 Å². The van der Waals surface area contributed by atoms with Crippen LogP contribution in [0.3, 0.4) is 0 Å². The predicted octanol–water partition coefficient (Wildman–Crippen LogP) is -0.241. The van der Waals surface area contributed by atoms with Gasteiger partial charge in [0.25, 0.3) is 0 Å². The smallest absolute Gasteiger partial charge is 0.417 e. The van der Waals surface area contributed by atoms with Gasteiger partial charge >= 0.3 is 12.3 Å². The lowest BCUT2D eigenvalue weighted by Gasteiger charge is -2.17. The van der Waals surface area contributed by atoms with Crippen LogP contribution in [0.25, 0.3) is 0 Å². The van der Waals surface area contributed by atoms with Crippen LogP contribution in [0.2, 0.25) is 0 Å². The lowest BCUT2D eigenvalue weighted by molar-refractivity contribution is -0.165. The fraction of sp³-hybridized carbons (Fsp3) is 0.600. The third kappa shape index (κ3) is 3.63. The summed E-state index contributed by atoms with van der Waals surface area (Å²) in [6, 6.07) is -2.72. The van der Waals surface area contributed by atoms with Crippen LogP contribution < -0.4 is 11.1 Å². The van der Waals surface area contributed by atoms with Crippen LogP contribution in [0.1, 0.15) is 0 Å². The number of alkyl halides is 3. The van der Waals surface area contributed by atoms with Gasteiger partial charge in [0, 0.05) is 0 Å². The van der Waals surface area contributed by atoms with E-state index >= 15 is 0 Å². The summed E-state index contributed by atoms with van der Waals surface area (Å²) in [5.74, 6) is -1.70. The molecule has 0 rings (SSSR count). The molecule has 8 heteroatoms. The van der Waals surface area contributed by atoms with Gasteiger partial charge in [0.1, 0.15) is 0 Å². The van der Waals surface area contributed by atoms with Crippen LogP contribution in [0, 0.1) is 0 Å². The number of nitrogens with two attached hydrogens (primary N) is 1. The Kier molecular flexibility index (Phi) is 3.52. The number of ether oxygens (including phenoxy) is 1. The van der Waals surface area contributed by atoms with E-state index in [0.717, 1.165) is 7.11 Å². The number of alkyl carbamates (subject to hydrolysis) is 1. The fourth-order valence-corrected chi connectivity index (χ4v) is 0.491. The topological polar surface area (TPSA) is 81.4 Å². The first kappa shape index (κ1) is 11.5. The Balaban J connectivity index is 4.46. The van der Waals surface area contributed by atoms with Crippen molar-refractivity contribution >= 4 is 12.0 Å². The van der Waals surface area contributed by atoms with E-state index < -0.39 is 24.2 Å². The average Bonchev–Trinajstić information content (AvgIpc) is 1.96. The number of nitrogens with one attached hydrogen (secondary N) is 1. The number of primary amides is 1. The molecule has 0 saturated carbocycles. The highest BCUT2D eigenvalue weighted by molar-refractivity contribution is 5.84. The van der Waals surface area contributed by atoms with E-state index in [1.807, 2.05) is 0 Å². The molecule has 0 aromatic carbocycles. The van der Waals surface area contributed by atoms with Gasteiger partial charge in [-0.05, 0) is 0 Å². The number of methoxy groups -OCH3 is 1. The molecule has 76 valence electrons. The van der Waals surface area contributed by atoms with Gasteiger partial charge in [-0.1, -0.05) is 0 Å². The summed E-state index contributed by atoms with van der Waals surface area (Å²) in [6.45, 7) is 0. The molecule has 5 nitrogen and oxygen atoms in total. The van der Waals surface area contributed by atoms with Gasteiger partial charge in [-0.25, -0.2) is 4.79 Å². The molecular weight excluding hydrogens is 193 g/mol. The monoisotopic (exact) mass is 200 g/mol. The highest BCUT2D eigenvalue weighted by Crippen LogP contribution is 2.19. The molecule has 0 spiro atoms. The van der Waals surface area contributed by atoms with Gasteiger partial charge in [-0.3, -0.25) is 4.79 Å². The number of hydrogen-bond acceptors (Lipinski definition) is 3. The van der Waals surface area contributed by atoms with Crippen molar-refractivity contribution in [3.05, 3.63) is 0 Å². The molecule has 1 atom stereocenters. The van der Waals surface area contributed by atoms with Crippen molar-refractivity contribution in [2.24, 2.45) is 5.73 Å². The highest BCUT2D eigenvalue weighted by atomic mass is 19.4. The number of hydrogen-bond donors (Lipinski definition) is 2. The number of carbonyl (C=O) groups is 2. The molecule has 0 aliphatic carbocycles. The lowest BCUT2D eigenvalue weighted by atomic mass is 10.3.